The molecule has 0 amide bonds. The van der Waals surface area contributed by atoms with Crippen molar-refractivity contribution in [2.45, 2.75) is 18.5 Å². The van der Waals surface area contributed by atoms with Crippen LogP contribution in [0.5, 0.6) is 0 Å². The van der Waals surface area contributed by atoms with Gasteiger partial charge in [0.2, 0.25) is 5.90 Å². The predicted octanol–water partition coefficient (Wildman–Crippen LogP) is 5.21. The molecular weight excluding hydrogens is 397 g/mol. The Bertz CT molecular complexity index is 1150. The first kappa shape index (κ1) is 18.8. The standard InChI is InChI=1S/C24H20FN3OS/c25-22-4-2-1-3-20(22)13-24(15-28-11-10-26-17-28)16-29-23(27-24)19-7-5-18(6-8-19)21-9-12-30-14-21/h1-12,14,17H,13,15-16H2. The van der Waals surface area contributed by atoms with Crippen molar-refractivity contribution in [3.8, 4) is 11.1 Å². The fraction of sp³-hybridized carbons (Fsp3) is 0.167. The molecule has 2 aromatic carbocycles. The fourth-order valence-electron chi connectivity index (χ4n) is 3.81. The molecule has 0 N–H and O–H groups in total. The van der Waals surface area contributed by atoms with E-state index in [4.69, 9.17) is 9.73 Å². The van der Waals surface area contributed by atoms with Gasteiger partial charge in [0.25, 0.3) is 0 Å². The van der Waals surface area contributed by atoms with E-state index in [9.17, 15) is 4.39 Å². The van der Waals surface area contributed by atoms with Crippen LogP contribution >= 0.6 is 11.3 Å². The van der Waals surface area contributed by atoms with Crippen LogP contribution in [0.1, 0.15) is 11.1 Å². The molecule has 0 fully saturated rings. The number of thiophene rings is 1. The average molecular weight is 418 g/mol. The lowest BCUT2D eigenvalue weighted by atomic mass is 9.92. The zero-order chi connectivity index (χ0) is 20.4. The third kappa shape index (κ3) is 3.78. The van der Waals surface area contributed by atoms with Gasteiger partial charge in [-0.2, -0.15) is 11.3 Å². The number of ether oxygens (including phenoxy) is 1. The quantitative estimate of drug-likeness (QED) is 0.432. The third-order valence-electron chi connectivity index (χ3n) is 5.32. The SMILES string of the molecule is Fc1ccccc1CC1(Cn2ccnc2)COC(c2ccc(-c3ccsc3)cc2)=N1. The van der Waals surface area contributed by atoms with E-state index in [-0.39, 0.29) is 5.82 Å². The first-order valence-corrected chi connectivity index (χ1v) is 10.7. The van der Waals surface area contributed by atoms with Crippen molar-refractivity contribution in [3.63, 3.8) is 0 Å². The lowest BCUT2D eigenvalue weighted by Gasteiger charge is -2.24. The van der Waals surface area contributed by atoms with Crippen LogP contribution in [-0.2, 0) is 17.7 Å². The van der Waals surface area contributed by atoms with Gasteiger partial charge in [-0.15, -0.1) is 0 Å². The predicted molar refractivity (Wildman–Crippen MR) is 117 cm³/mol. The highest BCUT2D eigenvalue weighted by Crippen LogP contribution is 2.30. The van der Waals surface area contributed by atoms with Crippen LogP contribution in [0, 0.1) is 5.82 Å². The van der Waals surface area contributed by atoms with Crippen molar-refractivity contribution in [2.75, 3.05) is 6.61 Å². The van der Waals surface area contributed by atoms with Crippen molar-refractivity contribution < 1.29 is 9.13 Å². The molecule has 4 nitrogen and oxygen atoms in total. The summed E-state index contributed by atoms with van der Waals surface area (Å²) < 4.78 is 22.4. The van der Waals surface area contributed by atoms with Gasteiger partial charge in [-0.25, -0.2) is 14.4 Å². The number of hydrogen-bond donors (Lipinski definition) is 0. The normalized spacial score (nSPS) is 18.2. The lowest BCUT2D eigenvalue weighted by Crippen LogP contribution is -2.36. The highest BCUT2D eigenvalue weighted by Gasteiger charge is 2.38. The molecule has 0 saturated carbocycles. The Hall–Kier alpha value is -3.25. The molecule has 0 spiro atoms. The van der Waals surface area contributed by atoms with Crippen LogP contribution in [0.15, 0.2) is 89.1 Å². The molecule has 0 aliphatic carbocycles. The molecule has 6 heteroatoms. The summed E-state index contributed by atoms with van der Waals surface area (Å²) in [5, 5.41) is 4.20. The summed E-state index contributed by atoms with van der Waals surface area (Å²) in [5.74, 6) is 0.384. The Morgan fingerprint density at radius 3 is 2.60 bits per heavy atom. The van der Waals surface area contributed by atoms with E-state index in [2.05, 4.69) is 33.9 Å². The van der Waals surface area contributed by atoms with E-state index in [1.54, 1.807) is 29.9 Å². The fourth-order valence-corrected chi connectivity index (χ4v) is 4.47. The van der Waals surface area contributed by atoms with Crippen molar-refractivity contribution in [1.29, 1.82) is 0 Å². The van der Waals surface area contributed by atoms with E-state index in [1.165, 1.54) is 11.6 Å². The minimum Gasteiger partial charge on any atom is -0.475 e. The molecule has 5 rings (SSSR count). The monoisotopic (exact) mass is 417 g/mol. The van der Waals surface area contributed by atoms with Gasteiger partial charge < -0.3 is 9.30 Å². The number of aromatic nitrogens is 2. The van der Waals surface area contributed by atoms with Crippen LogP contribution in [0.4, 0.5) is 4.39 Å². The topological polar surface area (TPSA) is 39.4 Å². The molecule has 4 aromatic rings. The number of nitrogens with zero attached hydrogens (tertiary/aromatic N) is 3. The highest BCUT2D eigenvalue weighted by atomic mass is 32.1. The maximum Gasteiger partial charge on any atom is 0.216 e. The maximum atomic E-state index is 14.4. The molecule has 0 bridgehead atoms. The van der Waals surface area contributed by atoms with Crippen LogP contribution < -0.4 is 0 Å². The Balaban J connectivity index is 1.46. The number of benzene rings is 2. The van der Waals surface area contributed by atoms with E-state index < -0.39 is 5.54 Å². The minimum atomic E-state index is -0.593. The maximum absolute atomic E-state index is 14.4. The van der Waals surface area contributed by atoms with Gasteiger partial charge in [-0.05, 0) is 51.7 Å². The number of hydrogen-bond acceptors (Lipinski definition) is 4. The van der Waals surface area contributed by atoms with Crippen molar-refractivity contribution in [2.24, 2.45) is 4.99 Å². The second kappa shape index (κ2) is 7.88. The minimum absolute atomic E-state index is 0.216. The van der Waals surface area contributed by atoms with Gasteiger partial charge in [0, 0.05) is 24.4 Å². The second-order valence-electron chi connectivity index (χ2n) is 7.52. The summed E-state index contributed by atoms with van der Waals surface area (Å²) in [7, 11) is 0. The van der Waals surface area contributed by atoms with Gasteiger partial charge in [0.05, 0.1) is 12.9 Å². The van der Waals surface area contributed by atoms with Gasteiger partial charge in [0.1, 0.15) is 18.0 Å². The largest absolute Gasteiger partial charge is 0.475 e. The molecular formula is C24H20FN3OS. The summed E-state index contributed by atoms with van der Waals surface area (Å²) in [6.07, 6.45) is 5.84. The number of aliphatic imine (C=N–C) groups is 1. The van der Waals surface area contributed by atoms with Crippen molar-refractivity contribution in [1.82, 2.24) is 9.55 Å². The Morgan fingerprint density at radius 1 is 1.03 bits per heavy atom. The average Bonchev–Trinajstić information content (AvgIpc) is 3.53. The van der Waals surface area contributed by atoms with Crippen molar-refractivity contribution in [3.05, 3.63) is 101 Å². The third-order valence-corrected chi connectivity index (χ3v) is 6.00. The van der Waals surface area contributed by atoms with Gasteiger partial charge in [-0.1, -0.05) is 30.3 Å². The summed E-state index contributed by atoms with van der Waals surface area (Å²) in [5.41, 5.74) is 3.34. The van der Waals surface area contributed by atoms with E-state index >= 15 is 0 Å². The smallest absolute Gasteiger partial charge is 0.216 e. The number of halogens is 1. The van der Waals surface area contributed by atoms with Crippen molar-refractivity contribution >= 4 is 17.2 Å². The second-order valence-corrected chi connectivity index (χ2v) is 8.30. The molecule has 1 atom stereocenters. The summed E-state index contributed by atoms with van der Waals surface area (Å²) in [6.45, 7) is 0.957. The first-order chi connectivity index (χ1) is 14.7. The van der Waals surface area contributed by atoms with E-state index in [0.717, 1.165) is 11.1 Å². The molecule has 3 heterocycles. The molecule has 0 radical (unpaired) electrons. The highest BCUT2D eigenvalue weighted by molar-refractivity contribution is 7.08. The molecule has 1 aliphatic heterocycles. The zero-order valence-electron chi connectivity index (χ0n) is 16.2. The molecule has 0 saturated heterocycles. The molecule has 150 valence electrons. The summed E-state index contributed by atoms with van der Waals surface area (Å²) in [4.78, 5) is 9.11. The van der Waals surface area contributed by atoms with Gasteiger partial charge in [-0.3, -0.25) is 0 Å². The van der Waals surface area contributed by atoms with Gasteiger partial charge in [0.15, 0.2) is 0 Å². The zero-order valence-corrected chi connectivity index (χ0v) is 17.1. The number of imidazole rings is 1. The van der Waals surface area contributed by atoms with E-state index in [0.29, 0.717) is 31.0 Å². The molecule has 1 unspecified atom stereocenters. The molecule has 30 heavy (non-hydrogen) atoms. The van der Waals surface area contributed by atoms with Crippen LogP contribution in [0.2, 0.25) is 0 Å². The first-order valence-electron chi connectivity index (χ1n) is 9.76. The van der Waals surface area contributed by atoms with Crippen LogP contribution in [-0.4, -0.2) is 27.6 Å². The van der Waals surface area contributed by atoms with Gasteiger partial charge >= 0.3 is 0 Å². The summed E-state index contributed by atoms with van der Waals surface area (Å²) >= 11 is 1.68. The lowest BCUT2D eigenvalue weighted by molar-refractivity contribution is 0.231. The Labute approximate surface area is 178 Å². The van der Waals surface area contributed by atoms with Crippen LogP contribution in [0.3, 0.4) is 0 Å². The van der Waals surface area contributed by atoms with Crippen LogP contribution in [0.25, 0.3) is 11.1 Å². The molecule has 2 aromatic heterocycles. The summed E-state index contributed by atoms with van der Waals surface area (Å²) in [6, 6.07) is 17.2. The Kier molecular flexibility index (Phi) is 4.93. The Morgan fingerprint density at radius 2 is 1.87 bits per heavy atom. The van der Waals surface area contributed by atoms with E-state index in [1.807, 2.05) is 35.0 Å². The number of rotatable bonds is 6. The molecule has 1 aliphatic rings.